The standard InChI is InChI=1S/C19H32O4/c1-3-5-7-8-9-10-11-15-16(18(21)14-17(15)20)13-19(22)23-12-6-4-2/h10-11,15-17,20H,3-9,12-14H2,1-2H3/b11-10+/t15-,16-,17-/m1/s1. The van der Waals surface area contributed by atoms with E-state index in [1.807, 2.05) is 13.0 Å². The van der Waals surface area contributed by atoms with Crippen LogP contribution >= 0.6 is 0 Å². The molecule has 0 aromatic carbocycles. The van der Waals surface area contributed by atoms with Gasteiger partial charge in [-0.05, 0) is 19.3 Å². The highest BCUT2D eigenvalue weighted by atomic mass is 16.5. The van der Waals surface area contributed by atoms with Crippen molar-refractivity contribution in [2.45, 2.75) is 77.7 Å². The summed E-state index contributed by atoms with van der Waals surface area (Å²) in [5, 5.41) is 10.1. The first-order valence-electron chi connectivity index (χ1n) is 9.13. The van der Waals surface area contributed by atoms with Crippen molar-refractivity contribution < 1.29 is 19.4 Å². The third-order valence-electron chi connectivity index (χ3n) is 4.46. The number of hydrogen-bond acceptors (Lipinski definition) is 4. The Balaban J connectivity index is 2.45. The summed E-state index contributed by atoms with van der Waals surface area (Å²) in [6.07, 6.45) is 11.1. The van der Waals surface area contributed by atoms with Crippen molar-refractivity contribution in [2.75, 3.05) is 6.61 Å². The molecule has 0 aliphatic heterocycles. The van der Waals surface area contributed by atoms with Gasteiger partial charge in [-0.25, -0.2) is 0 Å². The number of carbonyl (C=O) groups is 2. The molecule has 132 valence electrons. The fourth-order valence-electron chi connectivity index (χ4n) is 3.00. The van der Waals surface area contributed by atoms with Crippen molar-refractivity contribution in [3.63, 3.8) is 0 Å². The molecule has 0 spiro atoms. The Labute approximate surface area is 140 Å². The quantitative estimate of drug-likeness (QED) is 0.356. The average molecular weight is 324 g/mol. The molecule has 1 rings (SSSR count). The van der Waals surface area contributed by atoms with Crippen LogP contribution in [0.3, 0.4) is 0 Å². The molecular formula is C19H32O4. The first-order valence-corrected chi connectivity index (χ1v) is 9.13. The number of ketones is 1. The number of aliphatic hydroxyl groups excluding tert-OH is 1. The molecule has 0 heterocycles. The smallest absolute Gasteiger partial charge is 0.306 e. The van der Waals surface area contributed by atoms with Gasteiger partial charge in [-0.3, -0.25) is 9.59 Å². The SMILES string of the molecule is CCCCCC/C=C/[C@H]1[C@H](O)CC(=O)[C@@H]1CC(=O)OCCCC. The molecule has 0 bridgehead atoms. The highest BCUT2D eigenvalue weighted by Crippen LogP contribution is 2.33. The molecule has 1 aliphatic rings. The number of aliphatic hydroxyl groups is 1. The van der Waals surface area contributed by atoms with Crippen LogP contribution < -0.4 is 0 Å². The van der Waals surface area contributed by atoms with Gasteiger partial charge >= 0.3 is 5.97 Å². The highest BCUT2D eigenvalue weighted by Gasteiger charge is 2.41. The summed E-state index contributed by atoms with van der Waals surface area (Å²) >= 11 is 0. The molecule has 23 heavy (non-hydrogen) atoms. The monoisotopic (exact) mass is 324 g/mol. The Hall–Kier alpha value is -1.16. The number of rotatable bonds is 11. The number of hydrogen-bond donors (Lipinski definition) is 1. The summed E-state index contributed by atoms with van der Waals surface area (Å²) in [4.78, 5) is 23.9. The van der Waals surface area contributed by atoms with Crippen LogP contribution in [0.1, 0.15) is 71.6 Å². The largest absolute Gasteiger partial charge is 0.466 e. The third-order valence-corrected chi connectivity index (χ3v) is 4.46. The maximum Gasteiger partial charge on any atom is 0.306 e. The van der Waals surface area contributed by atoms with Crippen molar-refractivity contribution in [3.05, 3.63) is 12.2 Å². The van der Waals surface area contributed by atoms with Gasteiger partial charge in [0.2, 0.25) is 0 Å². The minimum atomic E-state index is -0.664. The van der Waals surface area contributed by atoms with Gasteiger partial charge in [-0.2, -0.15) is 0 Å². The molecule has 1 N–H and O–H groups in total. The van der Waals surface area contributed by atoms with Gasteiger partial charge < -0.3 is 9.84 Å². The summed E-state index contributed by atoms with van der Waals surface area (Å²) in [7, 11) is 0. The van der Waals surface area contributed by atoms with E-state index in [0.717, 1.165) is 25.7 Å². The molecule has 1 saturated carbocycles. The molecule has 0 amide bonds. The topological polar surface area (TPSA) is 63.6 Å². The Morgan fingerprint density at radius 3 is 2.65 bits per heavy atom. The summed E-state index contributed by atoms with van der Waals surface area (Å²) in [5.41, 5.74) is 0. The van der Waals surface area contributed by atoms with Gasteiger partial charge in [0.25, 0.3) is 0 Å². The number of ether oxygens (including phenoxy) is 1. The fourth-order valence-corrected chi connectivity index (χ4v) is 3.00. The minimum absolute atomic E-state index is 0.0226. The molecular weight excluding hydrogens is 292 g/mol. The maximum atomic E-state index is 12.0. The minimum Gasteiger partial charge on any atom is -0.466 e. The summed E-state index contributed by atoms with van der Waals surface area (Å²) < 4.78 is 5.15. The Kier molecular flexibility index (Phi) is 9.85. The number of unbranched alkanes of at least 4 members (excludes halogenated alkanes) is 5. The van der Waals surface area contributed by atoms with Crippen molar-refractivity contribution in [2.24, 2.45) is 11.8 Å². The zero-order valence-corrected chi connectivity index (χ0v) is 14.6. The van der Waals surface area contributed by atoms with E-state index >= 15 is 0 Å². The second kappa shape index (κ2) is 11.4. The normalized spacial score (nSPS) is 24.5. The van der Waals surface area contributed by atoms with Gasteiger partial charge in [0.15, 0.2) is 0 Å². The van der Waals surface area contributed by atoms with Crippen LogP contribution in [-0.2, 0) is 14.3 Å². The molecule has 1 aliphatic carbocycles. The van der Waals surface area contributed by atoms with E-state index < -0.39 is 12.0 Å². The van der Waals surface area contributed by atoms with Gasteiger partial charge in [0.1, 0.15) is 5.78 Å². The second-order valence-electron chi connectivity index (χ2n) is 6.48. The van der Waals surface area contributed by atoms with Crippen LogP contribution in [0.2, 0.25) is 0 Å². The van der Waals surface area contributed by atoms with Crippen LogP contribution in [0.4, 0.5) is 0 Å². The van der Waals surface area contributed by atoms with Crippen molar-refractivity contribution in [3.8, 4) is 0 Å². The maximum absolute atomic E-state index is 12.0. The predicted molar refractivity (Wildman–Crippen MR) is 91.0 cm³/mol. The van der Waals surface area contributed by atoms with Crippen LogP contribution in [0.15, 0.2) is 12.2 Å². The molecule has 0 unspecified atom stereocenters. The van der Waals surface area contributed by atoms with E-state index in [4.69, 9.17) is 4.74 Å². The predicted octanol–water partition coefficient (Wildman–Crippen LogP) is 3.81. The van der Waals surface area contributed by atoms with Crippen LogP contribution in [-0.4, -0.2) is 29.6 Å². The summed E-state index contributed by atoms with van der Waals surface area (Å²) in [5.74, 6) is -1.02. The van der Waals surface area contributed by atoms with Crippen LogP contribution in [0.25, 0.3) is 0 Å². The second-order valence-corrected chi connectivity index (χ2v) is 6.48. The van der Waals surface area contributed by atoms with Crippen molar-refractivity contribution in [1.82, 2.24) is 0 Å². The lowest BCUT2D eigenvalue weighted by Gasteiger charge is -2.16. The molecule has 0 aromatic heterocycles. The highest BCUT2D eigenvalue weighted by molar-refractivity contribution is 5.88. The molecule has 1 fully saturated rings. The molecule has 0 saturated heterocycles. The number of allylic oxidation sites excluding steroid dienone is 1. The molecule has 4 heteroatoms. The van der Waals surface area contributed by atoms with Crippen LogP contribution in [0, 0.1) is 11.8 Å². The zero-order chi connectivity index (χ0) is 17.1. The first-order chi connectivity index (χ1) is 11.1. The van der Waals surface area contributed by atoms with Crippen molar-refractivity contribution >= 4 is 11.8 Å². The lowest BCUT2D eigenvalue weighted by Crippen LogP contribution is -2.22. The lowest BCUT2D eigenvalue weighted by atomic mass is 9.90. The van der Waals surface area contributed by atoms with E-state index in [2.05, 4.69) is 13.0 Å². The zero-order valence-electron chi connectivity index (χ0n) is 14.6. The van der Waals surface area contributed by atoms with Gasteiger partial charge in [-0.15, -0.1) is 0 Å². The number of Topliss-reactive ketones (excluding diaryl/α,β-unsaturated/α-hetero) is 1. The van der Waals surface area contributed by atoms with Crippen molar-refractivity contribution in [1.29, 1.82) is 0 Å². The van der Waals surface area contributed by atoms with E-state index in [1.165, 1.54) is 19.3 Å². The summed E-state index contributed by atoms with van der Waals surface area (Å²) in [6.45, 7) is 4.63. The van der Waals surface area contributed by atoms with E-state index in [0.29, 0.717) is 6.61 Å². The van der Waals surface area contributed by atoms with Gasteiger partial charge in [-0.1, -0.05) is 51.7 Å². The molecule has 0 radical (unpaired) electrons. The van der Waals surface area contributed by atoms with E-state index in [1.54, 1.807) is 0 Å². The fraction of sp³-hybridized carbons (Fsp3) is 0.789. The molecule has 3 atom stereocenters. The number of carbonyl (C=O) groups excluding carboxylic acids is 2. The van der Waals surface area contributed by atoms with E-state index in [9.17, 15) is 14.7 Å². The number of esters is 1. The first kappa shape index (κ1) is 19.9. The average Bonchev–Trinajstić information content (AvgIpc) is 2.77. The third kappa shape index (κ3) is 7.30. The van der Waals surface area contributed by atoms with Gasteiger partial charge in [0.05, 0.1) is 19.1 Å². The summed E-state index contributed by atoms with van der Waals surface area (Å²) in [6, 6.07) is 0. The van der Waals surface area contributed by atoms with Crippen LogP contribution in [0.5, 0.6) is 0 Å². The Morgan fingerprint density at radius 1 is 1.22 bits per heavy atom. The Morgan fingerprint density at radius 2 is 1.96 bits per heavy atom. The Bertz CT molecular complexity index is 389. The molecule has 4 nitrogen and oxygen atoms in total. The van der Waals surface area contributed by atoms with E-state index in [-0.39, 0.29) is 30.5 Å². The van der Waals surface area contributed by atoms with Gasteiger partial charge in [0, 0.05) is 18.3 Å². The lowest BCUT2D eigenvalue weighted by molar-refractivity contribution is -0.146. The molecule has 0 aromatic rings.